The standard InChI is InChI=1S/C15H25NO/c1-15(2,3)11-13(16-4)9-12-7-6-8-14(10-12)17-5/h6-8,10,13,16H,9,11H2,1-5H3. The van der Waals surface area contributed by atoms with Crippen LogP contribution in [0.15, 0.2) is 24.3 Å². The summed E-state index contributed by atoms with van der Waals surface area (Å²) in [7, 11) is 3.75. The molecule has 1 rings (SSSR count). The quantitative estimate of drug-likeness (QED) is 0.846. The van der Waals surface area contributed by atoms with Crippen LogP contribution < -0.4 is 10.1 Å². The van der Waals surface area contributed by atoms with Gasteiger partial charge in [-0.15, -0.1) is 0 Å². The molecule has 0 aliphatic carbocycles. The molecule has 0 spiro atoms. The summed E-state index contributed by atoms with van der Waals surface area (Å²) in [5.41, 5.74) is 1.68. The minimum atomic E-state index is 0.354. The van der Waals surface area contributed by atoms with Gasteiger partial charge in [0.05, 0.1) is 7.11 Å². The Labute approximate surface area is 105 Å². The highest BCUT2D eigenvalue weighted by atomic mass is 16.5. The van der Waals surface area contributed by atoms with E-state index < -0.39 is 0 Å². The lowest BCUT2D eigenvalue weighted by molar-refractivity contribution is 0.315. The van der Waals surface area contributed by atoms with Crippen LogP contribution in [0.2, 0.25) is 0 Å². The van der Waals surface area contributed by atoms with Crippen LogP contribution in [0.4, 0.5) is 0 Å². The number of likely N-dealkylation sites (N-methyl/N-ethyl adjacent to an activating group) is 1. The third-order valence-electron chi connectivity index (χ3n) is 2.88. The summed E-state index contributed by atoms with van der Waals surface area (Å²) in [5, 5.41) is 3.40. The molecule has 0 heterocycles. The molecule has 17 heavy (non-hydrogen) atoms. The second-order valence-corrected chi connectivity index (χ2v) is 5.81. The van der Waals surface area contributed by atoms with E-state index in [1.807, 2.05) is 13.1 Å². The molecule has 0 aliphatic heterocycles. The van der Waals surface area contributed by atoms with Crippen LogP contribution in [0.25, 0.3) is 0 Å². The summed E-state index contributed by atoms with van der Waals surface area (Å²) in [6.07, 6.45) is 2.21. The molecule has 1 aromatic rings. The number of rotatable bonds is 5. The van der Waals surface area contributed by atoms with Gasteiger partial charge in [-0.2, -0.15) is 0 Å². The van der Waals surface area contributed by atoms with E-state index in [9.17, 15) is 0 Å². The summed E-state index contributed by atoms with van der Waals surface area (Å²) in [6.45, 7) is 6.84. The molecule has 1 N–H and O–H groups in total. The minimum absolute atomic E-state index is 0.354. The second kappa shape index (κ2) is 6.06. The lowest BCUT2D eigenvalue weighted by atomic mass is 9.86. The molecule has 2 heteroatoms. The van der Waals surface area contributed by atoms with Crippen molar-refractivity contribution in [3.05, 3.63) is 29.8 Å². The van der Waals surface area contributed by atoms with E-state index >= 15 is 0 Å². The molecule has 0 aliphatic rings. The van der Waals surface area contributed by atoms with Gasteiger partial charge >= 0.3 is 0 Å². The van der Waals surface area contributed by atoms with E-state index in [4.69, 9.17) is 4.74 Å². The maximum atomic E-state index is 5.25. The molecule has 1 aromatic carbocycles. The first-order valence-electron chi connectivity index (χ1n) is 6.25. The molecule has 96 valence electrons. The van der Waals surface area contributed by atoms with Crippen LogP contribution in [-0.4, -0.2) is 20.2 Å². The van der Waals surface area contributed by atoms with Gasteiger partial charge in [0.15, 0.2) is 0 Å². The maximum absolute atomic E-state index is 5.25. The van der Waals surface area contributed by atoms with Gasteiger partial charge in [0, 0.05) is 6.04 Å². The molecule has 0 saturated carbocycles. The molecule has 0 bridgehead atoms. The van der Waals surface area contributed by atoms with Gasteiger partial charge in [-0.05, 0) is 43.0 Å². The van der Waals surface area contributed by atoms with Crippen molar-refractivity contribution in [3.63, 3.8) is 0 Å². The number of hydrogen-bond donors (Lipinski definition) is 1. The highest BCUT2D eigenvalue weighted by Gasteiger charge is 2.17. The highest BCUT2D eigenvalue weighted by Crippen LogP contribution is 2.23. The predicted octanol–water partition coefficient (Wildman–Crippen LogP) is 3.26. The smallest absolute Gasteiger partial charge is 0.119 e. The maximum Gasteiger partial charge on any atom is 0.119 e. The summed E-state index contributed by atoms with van der Waals surface area (Å²) < 4.78 is 5.25. The number of hydrogen-bond acceptors (Lipinski definition) is 2. The molecule has 1 atom stereocenters. The minimum Gasteiger partial charge on any atom is -0.497 e. The molecule has 0 fully saturated rings. The van der Waals surface area contributed by atoms with Crippen molar-refractivity contribution in [2.75, 3.05) is 14.2 Å². The van der Waals surface area contributed by atoms with E-state index in [1.165, 1.54) is 12.0 Å². The molecule has 1 unspecified atom stereocenters. The zero-order valence-electron chi connectivity index (χ0n) is 11.7. The van der Waals surface area contributed by atoms with E-state index in [0.29, 0.717) is 11.5 Å². The van der Waals surface area contributed by atoms with Crippen LogP contribution in [-0.2, 0) is 6.42 Å². The van der Waals surface area contributed by atoms with Crippen LogP contribution >= 0.6 is 0 Å². The number of methoxy groups -OCH3 is 1. The van der Waals surface area contributed by atoms with Gasteiger partial charge in [-0.25, -0.2) is 0 Å². The first-order valence-corrected chi connectivity index (χ1v) is 6.25. The first kappa shape index (κ1) is 14.0. The van der Waals surface area contributed by atoms with E-state index in [0.717, 1.165) is 12.2 Å². The van der Waals surface area contributed by atoms with Gasteiger partial charge in [0.25, 0.3) is 0 Å². The Morgan fingerprint density at radius 2 is 2.00 bits per heavy atom. The normalized spacial score (nSPS) is 13.5. The van der Waals surface area contributed by atoms with Crippen molar-refractivity contribution in [1.82, 2.24) is 5.32 Å². The third-order valence-corrected chi connectivity index (χ3v) is 2.88. The lowest BCUT2D eigenvalue weighted by Crippen LogP contribution is -2.32. The molecule has 0 saturated heterocycles. The van der Waals surface area contributed by atoms with Crippen molar-refractivity contribution in [3.8, 4) is 5.75 Å². The van der Waals surface area contributed by atoms with Crippen LogP contribution in [0, 0.1) is 5.41 Å². The summed E-state index contributed by atoms with van der Waals surface area (Å²) in [5.74, 6) is 0.938. The van der Waals surface area contributed by atoms with Gasteiger partial charge in [0.1, 0.15) is 5.75 Å². The number of nitrogens with one attached hydrogen (secondary N) is 1. The zero-order chi connectivity index (χ0) is 12.9. The average molecular weight is 235 g/mol. The molecular formula is C15H25NO. The lowest BCUT2D eigenvalue weighted by Gasteiger charge is -2.25. The van der Waals surface area contributed by atoms with Crippen molar-refractivity contribution in [1.29, 1.82) is 0 Å². The topological polar surface area (TPSA) is 21.3 Å². The van der Waals surface area contributed by atoms with E-state index in [2.05, 4.69) is 44.3 Å². The zero-order valence-corrected chi connectivity index (χ0v) is 11.7. The Morgan fingerprint density at radius 3 is 2.53 bits per heavy atom. The van der Waals surface area contributed by atoms with Crippen LogP contribution in [0.1, 0.15) is 32.8 Å². The first-order chi connectivity index (χ1) is 7.94. The molecule has 0 aromatic heterocycles. The van der Waals surface area contributed by atoms with Crippen molar-refractivity contribution in [2.24, 2.45) is 5.41 Å². The van der Waals surface area contributed by atoms with Gasteiger partial charge in [0.2, 0.25) is 0 Å². The predicted molar refractivity (Wildman–Crippen MR) is 73.6 cm³/mol. The highest BCUT2D eigenvalue weighted by molar-refractivity contribution is 5.28. The average Bonchev–Trinajstić information content (AvgIpc) is 2.26. The van der Waals surface area contributed by atoms with E-state index in [1.54, 1.807) is 7.11 Å². The number of benzene rings is 1. The fourth-order valence-electron chi connectivity index (χ4n) is 2.10. The van der Waals surface area contributed by atoms with Gasteiger partial charge in [-0.1, -0.05) is 32.9 Å². The Kier molecular flexibility index (Phi) is 5.01. The molecular weight excluding hydrogens is 210 g/mol. The molecule has 2 nitrogen and oxygen atoms in total. The Balaban J connectivity index is 2.67. The largest absolute Gasteiger partial charge is 0.497 e. The molecule has 0 amide bonds. The molecule has 0 radical (unpaired) electrons. The second-order valence-electron chi connectivity index (χ2n) is 5.81. The summed E-state index contributed by atoms with van der Waals surface area (Å²) >= 11 is 0. The number of ether oxygens (including phenoxy) is 1. The Bertz CT molecular complexity index is 341. The van der Waals surface area contributed by atoms with Gasteiger partial charge < -0.3 is 10.1 Å². The van der Waals surface area contributed by atoms with E-state index in [-0.39, 0.29) is 0 Å². The van der Waals surface area contributed by atoms with Crippen LogP contribution in [0.3, 0.4) is 0 Å². The monoisotopic (exact) mass is 235 g/mol. The Morgan fingerprint density at radius 1 is 1.29 bits per heavy atom. The fourth-order valence-corrected chi connectivity index (χ4v) is 2.10. The van der Waals surface area contributed by atoms with Gasteiger partial charge in [-0.3, -0.25) is 0 Å². The summed E-state index contributed by atoms with van der Waals surface area (Å²) in [4.78, 5) is 0. The third kappa shape index (κ3) is 5.22. The van der Waals surface area contributed by atoms with Crippen LogP contribution in [0.5, 0.6) is 5.75 Å². The SMILES string of the molecule is CNC(Cc1cccc(OC)c1)CC(C)(C)C. The summed E-state index contributed by atoms with van der Waals surface area (Å²) in [6, 6.07) is 8.84. The fraction of sp³-hybridized carbons (Fsp3) is 0.600. The van der Waals surface area contributed by atoms with Crippen molar-refractivity contribution in [2.45, 2.75) is 39.7 Å². The Hall–Kier alpha value is -1.02. The van der Waals surface area contributed by atoms with Crippen molar-refractivity contribution >= 4 is 0 Å². The van der Waals surface area contributed by atoms with Crippen molar-refractivity contribution < 1.29 is 4.74 Å².